The topological polar surface area (TPSA) is 20.2 Å². The molecular formula is C15H14F2OS. The summed E-state index contributed by atoms with van der Waals surface area (Å²) in [5, 5.41) is 9.93. The Hall–Kier alpha value is -1.39. The van der Waals surface area contributed by atoms with Crippen LogP contribution < -0.4 is 0 Å². The summed E-state index contributed by atoms with van der Waals surface area (Å²) in [6, 6.07) is 10.6. The van der Waals surface area contributed by atoms with Gasteiger partial charge in [0, 0.05) is 4.90 Å². The highest BCUT2D eigenvalue weighted by Crippen LogP contribution is 2.35. The molecule has 1 nitrogen and oxygen atoms in total. The van der Waals surface area contributed by atoms with Crippen LogP contribution in [0, 0.1) is 11.6 Å². The Morgan fingerprint density at radius 3 is 2.58 bits per heavy atom. The standard InChI is InChI=1S/C15H14F2OS/c1-2-13(18)11-5-3-4-6-14(11)19-15-9-10(16)7-8-12(15)17/h3-9,13,18H,2H2,1H3/t13-/m1/s1. The van der Waals surface area contributed by atoms with Gasteiger partial charge in [0.25, 0.3) is 0 Å². The van der Waals surface area contributed by atoms with Gasteiger partial charge in [-0.1, -0.05) is 36.9 Å². The molecule has 0 aliphatic carbocycles. The Balaban J connectivity index is 2.35. The van der Waals surface area contributed by atoms with Crippen LogP contribution in [0.25, 0.3) is 0 Å². The lowest BCUT2D eigenvalue weighted by atomic mass is 10.1. The number of hydrogen-bond acceptors (Lipinski definition) is 2. The number of benzene rings is 2. The Bertz CT molecular complexity index is 572. The van der Waals surface area contributed by atoms with Gasteiger partial charge >= 0.3 is 0 Å². The van der Waals surface area contributed by atoms with E-state index >= 15 is 0 Å². The van der Waals surface area contributed by atoms with Crippen molar-refractivity contribution in [2.45, 2.75) is 29.2 Å². The number of aliphatic hydroxyl groups is 1. The highest BCUT2D eigenvalue weighted by atomic mass is 32.2. The van der Waals surface area contributed by atoms with Crippen LogP contribution in [0.15, 0.2) is 52.3 Å². The van der Waals surface area contributed by atoms with E-state index in [0.717, 1.165) is 40.4 Å². The average Bonchev–Trinajstić information content (AvgIpc) is 2.42. The van der Waals surface area contributed by atoms with Gasteiger partial charge in [0.1, 0.15) is 11.6 Å². The van der Waals surface area contributed by atoms with E-state index in [-0.39, 0.29) is 4.90 Å². The third-order valence-electron chi connectivity index (χ3n) is 2.78. The van der Waals surface area contributed by atoms with Gasteiger partial charge in [-0.05, 0) is 36.2 Å². The van der Waals surface area contributed by atoms with Crippen molar-refractivity contribution in [3.05, 3.63) is 59.7 Å². The first-order chi connectivity index (χ1) is 9.11. The van der Waals surface area contributed by atoms with Crippen molar-refractivity contribution in [3.63, 3.8) is 0 Å². The Morgan fingerprint density at radius 1 is 1.11 bits per heavy atom. The molecule has 4 heteroatoms. The predicted octanol–water partition coefficient (Wildman–Crippen LogP) is 4.56. The van der Waals surface area contributed by atoms with Gasteiger partial charge < -0.3 is 5.11 Å². The van der Waals surface area contributed by atoms with E-state index in [1.165, 1.54) is 0 Å². The molecule has 0 saturated carbocycles. The molecule has 100 valence electrons. The maximum absolute atomic E-state index is 13.6. The van der Waals surface area contributed by atoms with Gasteiger partial charge in [-0.25, -0.2) is 8.78 Å². The molecule has 0 aliphatic heterocycles. The highest BCUT2D eigenvalue weighted by Gasteiger charge is 2.13. The van der Waals surface area contributed by atoms with E-state index in [0.29, 0.717) is 6.42 Å². The summed E-state index contributed by atoms with van der Waals surface area (Å²) in [6.45, 7) is 1.87. The molecule has 2 rings (SSSR count). The second kappa shape index (κ2) is 6.17. The summed E-state index contributed by atoms with van der Waals surface area (Å²) in [7, 11) is 0. The molecule has 0 saturated heterocycles. The monoisotopic (exact) mass is 280 g/mol. The van der Waals surface area contributed by atoms with E-state index < -0.39 is 17.7 Å². The Labute approximate surface area is 115 Å². The molecule has 0 aromatic heterocycles. The van der Waals surface area contributed by atoms with E-state index in [2.05, 4.69) is 0 Å². The van der Waals surface area contributed by atoms with Crippen LogP contribution in [0.5, 0.6) is 0 Å². The van der Waals surface area contributed by atoms with Gasteiger partial charge in [0.05, 0.1) is 11.0 Å². The lowest BCUT2D eigenvalue weighted by Crippen LogP contribution is -1.97. The van der Waals surface area contributed by atoms with Crippen molar-refractivity contribution in [1.82, 2.24) is 0 Å². The van der Waals surface area contributed by atoms with Crippen LogP contribution in [0.4, 0.5) is 8.78 Å². The van der Waals surface area contributed by atoms with Gasteiger partial charge in [-0.15, -0.1) is 0 Å². The van der Waals surface area contributed by atoms with Crippen LogP contribution in [-0.4, -0.2) is 5.11 Å². The molecule has 19 heavy (non-hydrogen) atoms. The van der Waals surface area contributed by atoms with Gasteiger partial charge in [-0.3, -0.25) is 0 Å². The molecule has 0 amide bonds. The molecule has 0 unspecified atom stereocenters. The summed E-state index contributed by atoms with van der Waals surface area (Å²) in [5.41, 5.74) is 0.735. The maximum atomic E-state index is 13.6. The second-order valence-corrected chi connectivity index (χ2v) is 5.22. The first kappa shape index (κ1) is 14.0. The second-order valence-electron chi connectivity index (χ2n) is 4.14. The molecule has 0 aliphatic rings. The molecule has 1 N–H and O–H groups in total. The van der Waals surface area contributed by atoms with Crippen LogP contribution in [0.2, 0.25) is 0 Å². The Kier molecular flexibility index (Phi) is 4.56. The quantitative estimate of drug-likeness (QED) is 0.886. The molecule has 1 atom stereocenters. The maximum Gasteiger partial charge on any atom is 0.137 e. The number of halogens is 2. The zero-order valence-electron chi connectivity index (χ0n) is 10.4. The first-order valence-corrected chi connectivity index (χ1v) is 6.83. The SMILES string of the molecule is CC[C@@H](O)c1ccccc1Sc1cc(F)ccc1F. The highest BCUT2D eigenvalue weighted by molar-refractivity contribution is 7.99. The van der Waals surface area contributed by atoms with E-state index in [9.17, 15) is 13.9 Å². The number of aliphatic hydroxyl groups excluding tert-OH is 1. The first-order valence-electron chi connectivity index (χ1n) is 6.01. The van der Waals surface area contributed by atoms with Crippen molar-refractivity contribution in [1.29, 1.82) is 0 Å². The molecule has 0 spiro atoms. The molecule has 0 heterocycles. The Morgan fingerprint density at radius 2 is 1.84 bits per heavy atom. The largest absolute Gasteiger partial charge is 0.388 e. The van der Waals surface area contributed by atoms with E-state index in [1.807, 2.05) is 19.1 Å². The molecular weight excluding hydrogens is 266 g/mol. The predicted molar refractivity (Wildman–Crippen MR) is 72.2 cm³/mol. The fourth-order valence-electron chi connectivity index (χ4n) is 1.74. The zero-order chi connectivity index (χ0) is 13.8. The lowest BCUT2D eigenvalue weighted by Gasteiger charge is -2.13. The fourth-order valence-corrected chi connectivity index (χ4v) is 2.79. The summed E-state index contributed by atoms with van der Waals surface area (Å²) in [6.07, 6.45) is -0.0243. The molecule has 2 aromatic rings. The smallest absolute Gasteiger partial charge is 0.137 e. The number of rotatable bonds is 4. The molecule has 0 bridgehead atoms. The summed E-state index contributed by atoms with van der Waals surface area (Å²) >= 11 is 1.12. The summed E-state index contributed by atoms with van der Waals surface area (Å²) < 4.78 is 26.8. The normalized spacial score (nSPS) is 12.4. The number of hydrogen-bond donors (Lipinski definition) is 1. The van der Waals surface area contributed by atoms with Crippen LogP contribution >= 0.6 is 11.8 Å². The van der Waals surface area contributed by atoms with E-state index in [1.54, 1.807) is 12.1 Å². The fraction of sp³-hybridized carbons (Fsp3) is 0.200. The summed E-state index contributed by atoms with van der Waals surface area (Å²) in [5.74, 6) is -0.940. The average molecular weight is 280 g/mol. The van der Waals surface area contributed by atoms with E-state index in [4.69, 9.17) is 0 Å². The van der Waals surface area contributed by atoms with Crippen molar-refractivity contribution in [2.24, 2.45) is 0 Å². The van der Waals surface area contributed by atoms with Gasteiger partial charge in [-0.2, -0.15) is 0 Å². The van der Waals surface area contributed by atoms with Crippen LogP contribution in [-0.2, 0) is 0 Å². The lowest BCUT2D eigenvalue weighted by molar-refractivity contribution is 0.171. The molecule has 0 fully saturated rings. The minimum Gasteiger partial charge on any atom is -0.388 e. The van der Waals surface area contributed by atoms with Crippen molar-refractivity contribution in [2.75, 3.05) is 0 Å². The van der Waals surface area contributed by atoms with Crippen molar-refractivity contribution < 1.29 is 13.9 Å². The van der Waals surface area contributed by atoms with Crippen molar-refractivity contribution in [3.8, 4) is 0 Å². The van der Waals surface area contributed by atoms with Crippen LogP contribution in [0.3, 0.4) is 0 Å². The van der Waals surface area contributed by atoms with Crippen molar-refractivity contribution >= 4 is 11.8 Å². The minimum atomic E-state index is -0.597. The van der Waals surface area contributed by atoms with Gasteiger partial charge in [0.2, 0.25) is 0 Å². The third kappa shape index (κ3) is 3.33. The zero-order valence-corrected chi connectivity index (χ0v) is 11.3. The molecule has 0 radical (unpaired) electrons. The third-order valence-corrected chi connectivity index (χ3v) is 3.90. The summed E-state index contributed by atoms with van der Waals surface area (Å²) in [4.78, 5) is 0.956. The minimum absolute atomic E-state index is 0.218. The molecule has 2 aromatic carbocycles. The van der Waals surface area contributed by atoms with Gasteiger partial charge in [0.15, 0.2) is 0 Å². The van der Waals surface area contributed by atoms with Crippen LogP contribution in [0.1, 0.15) is 25.0 Å².